The van der Waals surface area contributed by atoms with Gasteiger partial charge in [-0.3, -0.25) is 14.5 Å². The zero-order valence-electron chi connectivity index (χ0n) is 18.2. The molecule has 0 N–H and O–H groups in total. The number of halogens is 3. The van der Waals surface area contributed by atoms with Crippen molar-refractivity contribution in [3.8, 4) is 5.75 Å². The fraction of sp³-hybridized carbons (Fsp3) is 0.417. The summed E-state index contributed by atoms with van der Waals surface area (Å²) < 4.78 is 5.72. The Morgan fingerprint density at radius 2 is 1.84 bits per heavy atom. The van der Waals surface area contributed by atoms with Gasteiger partial charge in [-0.2, -0.15) is 0 Å². The fourth-order valence-electron chi connectivity index (χ4n) is 3.90. The van der Waals surface area contributed by atoms with Crippen molar-refractivity contribution in [3.63, 3.8) is 0 Å². The van der Waals surface area contributed by atoms with Gasteiger partial charge in [0.2, 0.25) is 5.91 Å². The number of hydrogen-bond acceptors (Lipinski definition) is 4. The Hall–Kier alpha value is -1.79. The monoisotopic (exact) mass is 496 g/mol. The van der Waals surface area contributed by atoms with Crippen LogP contribution < -0.4 is 4.74 Å². The first-order valence-electron chi connectivity index (χ1n) is 10.6. The Balaban J connectivity index is 1.56. The molecule has 0 saturated carbocycles. The molecule has 0 bridgehead atoms. The van der Waals surface area contributed by atoms with Gasteiger partial charge in [0.05, 0.1) is 6.42 Å². The van der Waals surface area contributed by atoms with Gasteiger partial charge in [-0.05, 0) is 61.7 Å². The van der Waals surface area contributed by atoms with Crippen molar-refractivity contribution in [3.05, 3.63) is 62.6 Å². The number of rotatable bonds is 8. The summed E-state index contributed by atoms with van der Waals surface area (Å²) in [6.45, 7) is 6.80. The third-order valence-corrected chi connectivity index (χ3v) is 6.44. The van der Waals surface area contributed by atoms with Crippen LogP contribution in [0.2, 0.25) is 15.1 Å². The highest BCUT2D eigenvalue weighted by molar-refractivity contribution is 6.35. The van der Waals surface area contributed by atoms with Gasteiger partial charge < -0.3 is 9.64 Å². The minimum Gasteiger partial charge on any atom is -0.483 e. The molecule has 2 aromatic rings. The summed E-state index contributed by atoms with van der Waals surface area (Å²) >= 11 is 18.4. The Morgan fingerprint density at radius 3 is 2.53 bits per heavy atom. The number of ether oxygens (including phenoxy) is 1. The number of carbonyl (C=O) groups is 2. The Morgan fingerprint density at radius 1 is 1.12 bits per heavy atom. The highest BCUT2D eigenvalue weighted by atomic mass is 35.5. The van der Waals surface area contributed by atoms with E-state index in [9.17, 15) is 9.59 Å². The first-order chi connectivity index (χ1) is 15.3. The summed E-state index contributed by atoms with van der Waals surface area (Å²) in [5.41, 5.74) is 1.75. The average molecular weight is 498 g/mol. The van der Waals surface area contributed by atoms with Gasteiger partial charge in [0.15, 0.2) is 12.4 Å². The Bertz CT molecular complexity index is 970. The van der Waals surface area contributed by atoms with E-state index in [2.05, 4.69) is 11.8 Å². The molecule has 2 atom stereocenters. The maximum Gasteiger partial charge on any atom is 0.227 e. The number of amides is 1. The molecule has 0 radical (unpaired) electrons. The number of carbonyl (C=O) groups excluding carboxylic acids is 2. The highest BCUT2D eigenvalue weighted by Crippen LogP contribution is 2.26. The van der Waals surface area contributed by atoms with Crippen LogP contribution in [-0.2, 0) is 22.4 Å². The first-order valence-corrected chi connectivity index (χ1v) is 11.8. The SMILES string of the molecule is CC(C=O)Oc1ccc(Cl)cc1CCN1CCN(C(=O)Cc2ccc(Cl)cc2Cl)C(C)C1. The van der Waals surface area contributed by atoms with Crippen LogP contribution in [0.15, 0.2) is 36.4 Å². The van der Waals surface area contributed by atoms with E-state index in [0.29, 0.717) is 27.4 Å². The zero-order chi connectivity index (χ0) is 23.3. The molecule has 1 aliphatic rings. The van der Waals surface area contributed by atoms with Crippen LogP contribution in [-0.4, -0.2) is 60.3 Å². The molecule has 1 fully saturated rings. The maximum absolute atomic E-state index is 12.9. The topological polar surface area (TPSA) is 49.9 Å². The van der Waals surface area contributed by atoms with Crippen molar-refractivity contribution in [2.45, 2.75) is 38.8 Å². The summed E-state index contributed by atoms with van der Waals surface area (Å²) in [5.74, 6) is 0.741. The predicted molar refractivity (Wildman–Crippen MR) is 129 cm³/mol. The second-order valence-electron chi connectivity index (χ2n) is 8.11. The van der Waals surface area contributed by atoms with Gasteiger partial charge in [0.1, 0.15) is 5.75 Å². The molecule has 2 aromatic carbocycles. The lowest BCUT2D eigenvalue weighted by molar-refractivity contribution is -0.134. The third kappa shape index (κ3) is 6.61. The minimum absolute atomic E-state index is 0.0646. The van der Waals surface area contributed by atoms with Crippen molar-refractivity contribution >= 4 is 47.0 Å². The molecule has 1 heterocycles. The van der Waals surface area contributed by atoms with Crippen molar-refractivity contribution in [1.29, 1.82) is 0 Å². The second-order valence-corrected chi connectivity index (χ2v) is 9.39. The standard InChI is InChI=1S/C24H27Cl3N2O3/c1-16-14-28(8-7-19-11-20(25)5-6-23(19)32-17(2)15-30)9-10-29(16)24(31)12-18-3-4-21(26)13-22(18)27/h3-6,11,13,15-17H,7-10,12,14H2,1-2H3. The molecule has 0 aliphatic carbocycles. The molecule has 5 nitrogen and oxygen atoms in total. The first kappa shape index (κ1) is 24.8. The summed E-state index contributed by atoms with van der Waals surface area (Å²) in [5, 5.41) is 1.71. The van der Waals surface area contributed by atoms with Crippen LogP contribution in [0.25, 0.3) is 0 Å². The van der Waals surface area contributed by atoms with Gasteiger partial charge in [0.25, 0.3) is 0 Å². The van der Waals surface area contributed by atoms with Crippen LogP contribution >= 0.6 is 34.8 Å². The number of hydrogen-bond donors (Lipinski definition) is 0. The number of benzene rings is 2. The van der Waals surface area contributed by atoms with Crippen LogP contribution in [0.4, 0.5) is 0 Å². The zero-order valence-corrected chi connectivity index (χ0v) is 20.5. The molecule has 0 spiro atoms. The Kier molecular flexibility index (Phi) is 8.83. The van der Waals surface area contributed by atoms with E-state index in [4.69, 9.17) is 39.5 Å². The van der Waals surface area contributed by atoms with E-state index in [1.807, 2.05) is 11.0 Å². The molecule has 8 heteroatoms. The van der Waals surface area contributed by atoms with E-state index in [1.165, 1.54) is 0 Å². The van der Waals surface area contributed by atoms with E-state index in [0.717, 1.165) is 43.5 Å². The summed E-state index contributed by atoms with van der Waals surface area (Å²) in [6.07, 6.45) is 1.26. The van der Waals surface area contributed by atoms with Crippen LogP contribution in [0.1, 0.15) is 25.0 Å². The van der Waals surface area contributed by atoms with E-state index in [1.54, 1.807) is 37.3 Å². The summed E-state index contributed by atoms with van der Waals surface area (Å²) in [6, 6.07) is 10.8. The molecular formula is C24H27Cl3N2O3. The molecule has 1 aliphatic heterocycles. The fourth-order valence-corrected chi connectivity index (χ4v) is 4.57. The molecule has 0 aromatic heterocycles. The number of piperazine rings is 1. The van der Waals surface area contributed by atoms with Gasteiger partial charge in [-0.15, -0.1) is 0 Å². The molecule has 1 amide bonds. The predicted octanol–water partition coefficient (Wildman–Crippen LogP) is 4.93. The minimum atomic E-state index is -0.515. The largest absolute Gasteiger partial charge is 0.483 e. The lowest BCUT2D eigenvalue weighted by Crippen LogP contribution is -2.54. The van der Waals surface area contributed by atoms with Crippen LogP contribution in [0.5, 0.6) is 5.75 Å². The average Bonchev–Trinajstić information content (AvgIpc) is 2.75. The molecule has 32 heavy (non-hydrogen) atoms. The highest BCUT2D eigenvalue weighted by Gasteiger charge is 2.27. The van der Waals surface area contributed by atoms with Crippen molar-refractivity contribution in [2.75, 3.05) is 26.2 Å². The third-order valence-electron chi connectivity index (χ3n) is 5.61. The van der Waals surface area contributed by atoms with Crippen LogP contribution in [0, 0.1) is 0 Å². The smallest absolute Gasteiger partial charge is 0.227 e. The lowest BCUT2D eigenvalue weighted by atomic mass is 10.1. The summed E-state index contributed by atoms with van der Waals surface area (Å²) in [7, 11) is 0. The molecular weight excluding hydrogens is 471 g/mol. The van der Waals surface area contributed by atoms with Crippen molar-refractivity contribution in [1.82, 2.24) is 9.80 Å². The molecule has 1 saturated heterocycles. The normalized spacial score (nSPS) is 17.8. The lowest BCUT2D eigenvalue weighted by Gasteiger charge is -2.40. The molecule has 3 rings (SSSR count). The molecule has 172 valence electrons. The van der Waals surface area contributed by atoms with Gasteiger partial charge >= 0.3 is 0 Å². The maximum atomic E-state index is 12.9. The van der Waals surface area contributed by atoms with Crippen LogP contribution in [0.3, 0.4) is 0 Å². The van der Waals surface area contributed by atoms with E-state index in [-0.39, 0.29) is 18.4 Å². The number of nitrogens with zero attached hydrogens (tertiary/aromatic N) is 2. The Labute approximate surface area is 204 Å². The van der Waals surface area contributed by atoms with E-state index < -0.39 is 6.10 Å². The van der Waals surface area contributed by atoms with Crippen molar-refractivity contribution < 1.29 is 14.3 Å². The van der Waals surface area contributed by atoms with Gasteiger partial charge in [-0.25, -0.2) is 0 Å². The summed E-state index contributed by atoms with van der Waals surface area (Å²) in [4.78, 5) is 28.1. The second kappa shape index (κ2) is 11.4. The quantitative estimate of drug-likeness (QED) is 0.485. The van der Waals surface area contributed by atoms with E-state index >= 15 is 0 Å². The van der Waals surface area contributed by atoms with Gasteiger partial charge in [-0.1, -0.05) is 40.9 Å². The van der Waals surface area contributed by atoms with Crippen molar-refractivity contribution in [2.24, 2.45) is 0 Å². The molecule has 2 unspecified atom stereocenters. The van der Waals surface area contributed by atoms with Gasteiger partial charge in [0, 0.05) is 47.3 Å². The number of aldehydes is 1.